The third-order valence-corrected chi connectivity index (χ3v) is 3.14. The van der Waals surface area contributed by atoms with Gasteiger partial charge in [0.25, 0.3) is 0 Å². The van der Waals surface area contributed by atoms with Crippen molar-refractivity contribution in [3.05, 3.63) is 0 Å². The largest absolute Gasteiger partial charge is 0.393 e. The normalized spacial score (nSPS) is 37.0. The van der Waals surface area contributed by atoms with Crippen LogP contribution >= 0.6 is 0 Å². The summed E-state index contributed by atoms with van der Waals surface area (Å²) in [6.45, 7) is 0. The highest BCUT2D eigenvalue weighted by atomic mass is 16.3. The fraction of sp³-hybridized carbons (Fsp3) is 0.778. The Bertz CT molecular complexity index is 282. The first-order valence-electron chi connectivity index (χ1n) is 4.91. The smallest absolute Gasteiger partial charge is 0.209 e. The molecule has 5 heteroatoms. The van der Waals surface area contributed by atoms with Gasteiger partial charge in [-0.05, 0) is 25.7 Å². The van der Waals surface area contributed by atoms with Crippen molar-refractivity contribution in [2.45, 2.75) is 43.9 Å². The number of nitrogens with two attached hydrogens (primary N) is 1. The molecule has 0 aromatic rings. The van der Waals surface area contributed by atoms with E-state index >= 15 is 0 Å². The van der Waals surface area contributed by atoms with Gasteiger partial charge in [-0.3, -0.25) is 0 Å². The molecule has 2 aliphatic heterocycles. The number of fused-ring (bicyclic) bond motifs is 2. The minimum atomic E-state index is -0.210. The lowest BCUT2D eigenvalue weighted by Gasteiger charge is -2.37. The number of aliphatic hydroxyl groups is 1. The van der Waals surface area contributed by atoms with Crippen LogP contribution in [0.2, 0.25) is 0 Å². The van der Waals surface area contributed by atoms with E-state index in [1.54, 1.807) is 6.19 Å². The summed E-state index contributed by atoms with van der Waals surface area (Å²) in [5.74, 6) is 0.312. The quantitative estimate of drug-likeness (QED) is 0.317. The van der Waals surface area contributed by atoms with E-state index in [-0.39, 0.29) is 18.2 Å². The molecule has 0 aromatic carbocycles. The number of guanidine groups is 1. The van der Waals surface area contributed by atoms with Crippen LogP contribution < -0.4 is 5.73 Å². The first-order chi connectivity index (χ1) is 6.72. The first kappa shape index (κ1) is 9.28. The fourth-order valence-electron chi connectivity index (χ4n) is 2.63. The summed E-state index contributed by atoms with van der Waals surface area (Å²) in [5, 5.41) is 18.0. The van der Waals surface area contributed by atoms with Gasteiger partial charge in [0.1, 0.15) is 0 Å². The second kappa shape index (κ2) is 3.46. The van der Waals surface area contributed by atoms with Crippen molar-refractivity contribution in [3.63, 3.8) is 0 Å². The van der Waals surface area contributed by atoms with Crippen molar-refractivity contribution in [3.8, 4) is 6.19 Å². The number of aliphatic imine (C=N–C) groups is 1. The molecule has 2 heterocycles. The van der Waals surface area contributed by atoms with Crippen molar-refractivity contribution < 1.29 is 5.11 Å². The molecular formula is C9H14N4O. The van der Waals surface area contributed by atoms with Crippen LogP contribution in [0.5, 0.6) is 0 Å². The Morgan fingerprint density at radius 2 is 2.00 bits per heavy atom. The van der Waals surface area contributed by atoms with Crippen molar-refractivity contribution in [2.24, 2.45) is 10.7 Å². The topological polar surface area (TPSA) is 85.6 Å². The number of nitrogens with zero attached hydrogens (tertiary/aromatic N) is 3. The van der Waals surface area contributed by atoms with E-state index in [0.29, 0.717) is 5.96 Å². The highest BCUT2D eigenvalue weighted by molar-refractivity contribution is 5.80. The van der Waals surface area contributed by atoms with Gasteiger partial charge < -0.3 is 15.7 Å². The molecule has 0 aromatic heterocycles. The molecule has 0 radical (unpaired) electrons. The summed E-state index contributed by atoms with van der Waals surface area (Å²) in [7, 11) is 0. The average Bonchev–Trinajstić information content (AvgIpc) is 2.39. The Balaban J connectivity index is 2.16. The molecule has 2 saturated heterocycles. The zero-order chi connectivity index (χ0) is 10.1. The molecule has 0 aliphatic carbocycles. The Labute approximate surface area is 82.8 Å². The monoisotopic (exact) mass is 194 g/mol. The molecular weight excluding hydrogens is 180 g/mol. The second-order valence-corrected chi connectivity index (χ2v) is 3.99. The lowest BCUT2D eigenvalue weighted by atomic mass is 10.0. The molecule has 0 spiro atoms. The van der Waals surface area contributed by atoms with E-state index in [4.69, 9.17) is 11.0 Å². The lowest BCUT2D eigenvalue weighted by molar-refractivity contribution is 0.0706. The van der Waals surface area contributed by atoms with Gasteiger partial charge in [0.05, 0.1) is 6.10 Å². The van der Waals surface area contributed by atoms with Crippen molar-refractivity contribution in [2.75, 3.05) is 0 Å². The SMILES string of the molecule is N#CN=C(N)N1C2CCC1CC(O)C2. The molecule has 2 unspecified atom stereocenters. The Hall–Kier alpha value is -1.28. The van der Waals surface area contributed by atoms with Crippen LogP contribution in [-0.4, -0.2) is 34.2 Å². The molecule has 3 N–H and O–H groups in total. The van der Waals surface area contributed by atoms with Crippen molar-refractivity contribution in [1.29, 1.82) is 5.26 Å². The maximum Gasteiger partial charge on any atom is 0.209 e. The van der Waals surface area contributed by atoms with Gasteiger partial charge in [-0.2, -0.15) is 5.26 Å². The van der Waals surface area contributed by atoms with Gasteiger partial charge in [0, 0.05) is 12.1 Å². The Kier molecular flexibility index (Phi) is 2.30. The third kappa shape index (κ3) is 1.42. The van der Waals surface area contributed by atoms with Crippen LogP contribution in [0.25, 0.3) is 0 Å². The summed E-state index contributed by atoms with van der Waals surface area (Å²) in [6, 6.07) is 0.557. The molecule has 2 atom stereocenters. The minimum Gasteiger partial charge on any atom is -0.393 e. The van der Waals surface area contributed by atoms with Gasteiger partial charge >= 0.3 is 0 Å². The number of rotatable bonds is 0. The third-order valence-electron chi connectivity index (χ3n) is 3.14. The number of piperidine rings is 1. The average molecular weight is 194 g/mol. The maximum atomic E-state index is 9.55. The number of hydrogen-bond acceptors (Lipinski definition) is 3. The van der Waals surface area contributed by atoms with E-state index in [9.17, 15) is 5.11 Å². The van der Waals surface area contributed by atoms with Crippen LogP contribution in [0, 0.1) is 11.5 Å². The Morgan fingerprint density at radius 1 is 1.43 bits per heavy atom. The number of aliphatic hydroxyl groups excluding tert-OH is 1. The van der Waals surface area contributed by atoms with Gasteiger partial charge in [-0.25, -0.2) is 0 Å². The molecule has 14 heavy (non-hydrogen) atoms. The minimum absolute atomic E-state index is 0.210. The molecule has 2 aliphatic rings. The van der Waals surface area contributed by atoms with Crippen molar-refractivity contribution in [1.82, 2.24) is 4.90 Å². The summed E-state index contributed by atoms with van der Waals surface area (Å²) in [6.07, 6.45) is 5.08. The van der Waals surface area contributed by atoms with Gasteiger partial charge in [-0.1, -0.05) is 0 Å². The summed E-state index contributed by atoms with van der Waals surface area (Å²) < 4.78 is 0. The highest BCUT2D eigenvalue weighted by Crippen LogP contribution is 2.35. The maximum absolute atomic E-state index is 9.55. The predicted octanol–water partition coefficient (Wildman–Crippen LogP) is -0.230. The van der Waals surface area contributed by atoms with E-state index in [1.807, 2.05) is 4.90 Å². The van der Waals surface area contributed by atoms with Gasteiger partial charge in [0.15, 0.2) is 0 Å². The highest BCUT2D eigenvalue weighted by Gasteiger charge is 2.41. The standard InChI is InChI=1S/C9H14N4O/c10-5-12-9(11)13-6-1-2-7(13)4-8(14)3-6/h6-8,14H,1-4H2,(H2,11,12). The summed E-state index contributed by atoms with van der Waals surface area (Å²) in [5.41, 5.74) is 5.70. The lowest BCUT2D eigenvalue weighted by Crippen LogP contribution is -2.50. The molecule has 5 nitrogen and oxygen atoms in total. The van der Waals surface area contributed by atoms with E-state index in [0.717, 1.165) is 25.7 Å². The Morgan fingerprint density at radius 3 is 2.50 bits per heavy atom. The summed E-state index contributed by atoms with van der Waals surface area (Å²) in [4.78, 5) is 5.55. The van der Waals surface area contributed by atoms with E-state index in [1.165, 1.54) is 0 Å². The van der Waals surface area contributed by atoms with E-state index in [2.05, 4.69) is 4.99 Å². The number of hydrogen-bond donors (Lipinski definition) is 2. The first-order valence-corrected chi connectivity index (χ1v) is 4.91. The molecule has 76 valence electrons. The van der Waals surface area contributed by atoms with Crippen molar-refractivity contribution >= 4 is 5.96 Å². The molecule has 0 amide bonds. The van der Waals surface area contributed by atoms with Crippen LogP contribution in [0.4, 0.5) is 0 Å². The van der Waals surface area contributed by atoms with E-state index < -0.39 is 0 Å². The number of nitriles is 1. The fourth-order valence-corrected chi connectivity index (χ4v) is 2.63. The van der Waals surface area contributed by atoms with Gasteiger partial charge in [-0.15, -0.1) is 4.99 Å². The molecule has 2 fully saturated rings. The predicted molar refractivity (Wildman–Crippen MR) is 51.1 cm³/mol. The summed E-state index contributed by atoms with van der Waals surface area (Å²) >= 11 is 0. The second-order valence-electron chi connectivity index (χ2n) is 3.99. The van der Waals surface area contributed by atoms with Crippen LogP contribution in [-0.2, 0) is 0 Å². The van der Waals surface area contributed by atoms with Crippen LogP contribution in [0.1, 0.15) is 25.7 Å². The zero-order valence-corrected chi connectivity index (χ0v) is 7.93. The molecule has 0 saturated carbocycles. The van der Waals surface area contributed by atoms with Crippen LogP contribution in [0.15, 0.2) is 4.99 Å². The van der Waals surface area contributed by atoms with Crippen LogP contribution in [0.3, 0.4) is 0 Å². The molecule has 2 rings (SSSR count). The molecule has 2 bridgehead atoms. The zero-order valence-electron chi connectivity index (χ0n) is 7.93. The van der Waals surface area contributed by atoms with Gasteiger partial charge in [0.2, 0.25) is 12.2 Å².